The summed E-state index contributed by atoms with van der Waals surface area (Å²) in [6.45, 7) is 0.674. The zero-order chi connectivity index (χ0) is 13.1. The molecule has 3 nitrogen and oxygen atoms in total. The number of nitrogens with two attached hydrogens (primary N) is 1. The first kappa shape index (κ1) is 11.7. The molecule has 3 heteroatoms. The van der Waals surface area contributed by atoms with Gasteiger partial charge < -0.3 is 5.73 Å². The first-order chi connectivity index (χ1) is 9.34. The van der Waals surface area contributed by atoms with Crippen LogP contribution in [-0.4, -0.2) is 18.1 Å². The molecule has 2 N–H and O–H groups in total. The van der Waals surface area contributed by atoms with Crippen LogP contribution in [0.4, 0.5) is 5.69 Å². The molecule has 19 heavy (non-hydrogen) atoms. The molecule has 2 aromatic rings. The van der Waals surface area contributed by atoms with E-state index in [9.17, 15) is 0 Å². The van der Waals surface area contributed by atoms with Crippen molar-refractivity contribution in [3.8, 4) is 0 Å². The highest BCUT2D eigenvalue weighted by Crippen LogP contribution is 2.24. The van der Waals surface area contributed by atoms with Crippen LogP contribution in [-0.2, 0) is 0 Å². The van der Waals surface area contributed by atoms with E-state index in [0.29, 0.717) is 18.8 Å². The summed E-state index contributed by atoms with van der Waals surface area (Å²) >= 11 is 0. The highest BCUT2D eigenvalue weighted by molar-refractivity contribution is 6.16. The minimum atomic E-state index is 0.642. The minimum absolute atomic E-state index is 0.642. The highest BCUT2D eigenvalue weighted by atomic mass is 14.9. The van der Waals surface area contributed by atoms with Crippen LogP contribution in [0, 0.1) is 0 Å². The summed E-state index contributed by atoms with van der Waals surface area (Å²) in [4.78, 5) is 9.19. The largest absolute Gasteiger partial charge is 0.387 e. The van der Waals surface area contributed by atoms with Gasteiger partial charge in [0.15, 0.2) is 0 Å². The Kier molecular flexibility index (Phi) is 3.11. The van der Waals surface area contributed by atoms with Crippen LogP contribution in [0.25, 0.3) is 0 Å². The van der Waals surface area contributed by atoms with Crippen LogP contribution in [0.2, 0.25) is 0 Å². The molecule has 0 unspecified atom stereocenters. The van der Waals surface area contributed by atoms with Crippen molar-refractivity contribution in [1.82, 2.24) is 0 Å². The lowest BCUT2D eigenvalue weighted by Crippen LogP contribution is -2.16. The number of nitrogens with zero attached hydrogens (tertiary/aromatic N) is 2. The summed E-state index contributed by atoms with van der Waals surface area (Å²) in [6, 6.07) is 18.2. The fourth-order valence-electron chi connectivity index (χ4n) is 2.19. The van der Waals surface area contributed by atoms with Gasteiger partial charge in [0, 0.05) is 24.1 Å². The number of benzene rings is 2. The smallest absolute Gasteiger partial charge is 0.101 e. The SMILES string of the molecule is NC1=Nc2ccccc2C(c2ccccc2)=NCC1. The van der Waals surface area contributed by atoms with Crippen LogP contribution in [0.5, 0.6) is 0 Å². The van der Waals surface area contributed by atoms with Crippen LogP contribution in [0.1, 0.15) is 17.5 Å². The zero-order valence-corrected chi connectivity index (χ0v) is 10.6. The second-order valence-corrected chi connectivity index (χ2v) is 4.47. The van der Waals surface area contributed by atoms with Crippen LogP contribution in [0.15, 0.2) is 64.6 Å². The quantitative estimate of drug-likeness (QED) is 0.830. The van der Waals surface area contributed by atoms with E-state index >= 15 is 0 Å². The van der Waals surface area contributed by atoms with Gasteiger partial charge in [-0.1, -0.05) is 48.5 Å². The number of amidine groups is 1. The molecule has 0 atom stereocenters. The van der Waals surface area contributed by atoms with Crippen molar-refractivity contribution in [2.24, 2.45) is 15.7 Å². The molecular formula is C16H15N3. The third-order valence-electron chi connectivity index (χ3n) is 3.11. The minimum Gasteiger partial charge on any atom is -0.387 e. The molecule has 0 aliphatic carbocycles. The predicted molar refractivity (Wildman–Crippen MR) is 79.3 cm³/mol. The van der Waals surface area contributed by atoms with Gasteiger partial charge >= 0.3 is 0 Å². The highest BCUT2D eigenvalue weighted by Gasteiger charge is 2.13. The molecule has 0 amide bonds. The van der Waals surface area contributed by atoms with Gasteiger partial charge in [-0.2, -0.15) is 0 Å². The summed E-state index contributed by atoms with van der Waals surface area (Å²) < 4.78 is 0. The number of hydrogen-bond donors (Lipinski definition) is 1. The lowest BCUT2D eigenvalue weighted by atomic mass is 10.00. The Bertz CT molecular complexity index is 642. The summed E-state index contributed by atoms with van der Waals surface area (Å²) in [5.41, 5.74) is 9.92. The Morgan fingerprint density at radius 3 is 2.47 bits per heavy atom. The summed E-state index contributed by atoms with van der Waals surface area (Å²) in [5.74, 6) is 0.642. The molecule has 0 spiro atoms. The van der Waals surface area contributed by atoms with Crippen molar-refractivity contribution in [2.45, 2.75) is 6.42 Å². The summed E-state index contributed by atoms with van der Waals surface area (Å²) in [6.07, 6.45) is 0.699. The third kappa shape index (κ3) is 2.40. The van der Waals surface area contributed by atoms with Gasteiger partial charge in [0.2, 0.25) is 0 Å². The Hall–Kier alpha value is -2.42. The van der Waals surface area contributed by atoms with E-state index < -0.39 is 0 Å². The molecule has 1 aliphatic rings. The normalized spacial score (nSPS) is 14.7. The maximum atomic E-state index is 5.88. The van der Waals surface area contributed by atoms with E-state index in [1.165, 1.54) is 0 Å². The lowest BCUT2D eigenvalue weighted by Gasteiger charge is -2.13. The van der Waals surface area contributed by atoms with Crippen molar-refractivity contribution < 1.29 is 0 Å². The van der Waals surface area contributed by atoms with Crippen LogP contribution < -0.4 is 5.73 Å². The molecule has 0 radical (unpaired) electrons. The molecule has 0 saturated carbocycles. The molecule has 94 valence electrons. The second-order valence-electron chi connectivity index (χ2n) is 4.47. The maximum Gasteiger partial charge on any atom is 0.101 e. The third-order valence-corrected chi connectivity index (χ3v) is 3.11. The molecule has 3 rings (SSSR count). The lowest BCUT2D eigenvalue weighted by molar-refractivity contribution is 1.02. The van der Waals surface area contributed by atoms with Crippen molar-refractivity contribution >= 4 is 17.2 Å². The van der Waals surface area contributed by atoms with E-state index in [0.717, 1.165) is 22.5 Å². The average molecular weight is 249 g/mol. The van der Waals surface area contributed by atoms with Crippen molar-refractivity contribution in [1.29, 1.82) is 0 Å². The Balaban J connectivity index is 2.17. The van der Waals surface area contributed by atoms with E-state index in [1.54, 1.807) is 0 Å². The van der Waals surface area contributed by atoms with Gasteiger partial charge in [-0.25, -0.2) is 4.99 Å². The van der Waals surface area contributed by atoms with Gasteiger partial charge in [0.1, 0.15) is 5.84 Å². The number of fused-ring (bicyclic) bond motifs is 1. The molecular weight excluding hydrogens is 234 g/mol. The van der Waals surface area contributed by atoms with Gasteiger partial charge in [-0.05, 0) is 6.07 Å². The standard InChI is InChI=1S/C16H15N3/c17-15-10-11-18-16(12-6-2-1-3-7-12)13-8-4-5-9-14(13)19-15/h1-9H,10-11H2,(H2,17,19). The van der Waals surface area contributed by atoms with E-state index in [-0.39, 0.29) is 0 Å². The number of hydrogen-bond acceptors (Lipinski definition) is 3. The Morgan fingerprint density at radius 2 is 1.63 bits per heavy atom. The first-order valence-electron chi connectivity index (χ1n) is 6.37. The topological polar surface area (TPSA) is 50.7 Å². The van der Waals surface area contributed by atoms with Gasteiger partial charge in [-0.3, -0.25) is 4.99 Å². The van der Waals surface area contributed by atoms with E-state index in [1.807, 2.05) is 42.5 Å². The number of rotatable bonds is 1. The van der Waals surface area contributed by atoms with E-state index in [4.69, 9.17) is 10.7 Å². The molecule has 0 fully saturated rings. The maximum absolute atomic E-state index is 5.88. The van der Waals surface area contributed by atoms with Gasteiger partial charge in [0.25, 0.3) is 0 Å². The molecule has 1 aliphatic heterocycles. The van der Waals surface area contributed by atoms with Crippen molar-refractivity contribution in [3.63, 3.8) is 0 Å². The van der Waals surface area contributed by atoms with E-state index in [2.05, 4.69) is 17.1 Å². The van der Waals surface area contributed by atoms with Crippen LogP contribution in [0.3, 0.4) is 0 Å². The number of aliphatic imine (C=N–C) groups is 2. The van der Waals surface area contributed by atoms with Gasteiger partial charge in [-0.15, -0.1) is 0 Å². The summed E-state index contributed by atoms with van der Waals surface area (Å²) in [7, 11) is 0. The molecule has 0 saturated heterocycles. The molecule has 0 aromatic heterocycles. The fraction of sp³-hybridized carbons (Fsp3) is 0.125. The zero-order valence-electron chi connectivity index (χ0n) is 10.6. The first-order valence-corrected chi connectivity index (χ1v) is 6.37. The van der Waals surface area contributed by atoms with Crippen molar-refractivity contribution in [3.05, 3.63) is 65.7 Å². The van der Waals surface area contributed by atoms with Crippen LogP contribution >= 0.6 is 0 Å². The average Bonchev–Trinajstić information content (AvgIpc) is 2.43. The second kappa shape index (κ2) is 5.06. The molecule has 0 bridgehead atoms. The predicted octanol–water partition coefficient (Wildman–Crippen LogP) is 2.92. The number of para-hydroxylation sites is 1. The van der Waals surface area contributed by atoms with Crippen molar-refractivity contribution in [2.75, 3.05) is 6.54 Å². The molecule has 2 aromatic carbocycles. The monoisotopic (exact) mass is 249 g/mol. The Morgan fingerprint density at radius 1 is 0.895 bits per heavy atom. The summed E-state index contributed by atoms with van der Waals surface area (Å²) in [5, 5.41) is 0. The Labute approximate surface area is 112 Å². The fourth-order valence-corrected chi connectivity index (χ4v) is 2.19. The van der Waals surface area contributed by atoms with Gasteiger partial charge in [0.05, 0.1) is 11.4 Å². The molecule has 1 heterocycles.